The molecule has 5 N–H and O–H groups in total. The largest absolute Gasteiger partial charge is 0.411 e. The van der Waals surface area contributed by atoms with E-state index in [4.69, 9.17) is 10.9 Å². The second kappa shape index (κ2) is 5.80. The Hall–Kier alpha value is -3.16. The third-order valence-corrected chi connectivity index (χ3v) is 4.19. The first-order chi connectivity index (χ1) is 11.4. The summed E-state index contributed by atoms with van der Waals surface area (Å²) >= 11 is 0. The van der Waals surface area contributed by atoms with Crippen LogP contribution in [0.5, 0.6) is 0 Å². The third-order valence-electron chi connectivity index (χ3n) is 4.19. The van der Waals surface area contributed by atoms with Crippen LogP contribution in [0.1, 0.15) is 29.5 Å². The number of carbonyl (C=O) groups excluding carboxylic acids is 1. The fraction of sp³-hybridized carbons (Fsp3) is 0.250. The van der Waals surface area contributed by atoms with Crippen molar-refractivity contribution in [3.63, 3.8) is 0 Å². The first kappa shape index (κ1) is 15.7. The number of fused-ring (bicyclic) bond motifs is 1. The summed E-state index contributed by atoms with van der Waals surface area (Å²) in [6.45, 7) is 3.48. The highest BCUT2D eigenvalue weighted by atomic mass is 16.4. The molecule has 0 radical (unpaired) electrons. The number of nitrogens with one attached hydrogen (secondary N) is 2. The van der Waals surface area contributed by atoms with Crippen molar-refractivity contribution in [1.29, 1.82) is 0 Å². The highest BCUT2D eigenvalue weighted by Crippen LogP contribution is 2.38. The van der Waals surface area contributed by atoms with Crippen LogP contribution in [0.25, 0.3) is 0 Å². The average molecular weight is 327 g/mol. The lowest BCUT2D eigenvalue weighted by atomic mass is 9.76. The van der Waals surface area contributed by atoms with E-state index in [1.165, 1.54) is 6.92 Å². The van der Waals surface area contributed by atoms with Crippen LogP contribution in [-0.4, -0.2) is 26.8 Å². The van der Waals surface area contributed by atoms with Gasteiger partial charge < -0.3 is 16.3 Å². The molecule has 0 fully saturated rings. The number of hydrogen-bond acceptors (Lipinski definition) is 6. The Balaban J connectivity index is 2.28. The smallest absolute Gasteiger partial charge is 0.258 e. The third kappa shape index (κ3) is 2.51. The van der Waals surface area contributed by atoms with Crippen LogP contribution in [0.3, 0.4) is 0 Å². The van der Waals surface area contributed by atoms with E-state index >= 15 is 0 Å². The fourth-order valence-corrected chi connectivity index (χ4v) is 3.02. The molecule has 0 unspecified atom stereocenters. The quantitative estimate of drug-likeness (QED) is 0.374. The highest BCUT2D eigenvalue weighted by molar-refractivity contribution is 6.11. The lowest BCUT2D eigenvalue weighted by Gasteiger charge is -2.31. The molecule has 0 saturated carbocycles. The minimum Gasteiger partial charge on any atom is -0.411 e. The number of carbonyl (C=O) groups is 1. The van der Waals surface area contributed by atoms with Crippen molar-refractivity contribution in [2.24, 2.45) is 11.1 Å². The molecule has 0 bridgehead atoms. The van der Waals surface area contributed by atoms with Gasteiger partial charge in [-0.1, -0.05) is 35.0 Å². The Bertz CT molecular complexity index is 886. The van der Waals surface area contributed by atoms with Crippen LogP contribution in [-0.2, 0) is 4.79 Å². The Kier molecular flexibility index (Phi) is 3.80. The molecule has 1 aromatic heterocycles. The lowest BCUT2D eigenvalue weighted by molar-refractivity contribution is -0.118. The van der Waals surface area contributed by atoms with Crippen LogP contribution < -0.4 is 16.6 Å². The number of oxime groups is 1. The van der Waals surface area contributed by atoms with E-state index in [0.717, 1.165) is 11.1 Å². The van der Waals surface area contributed by atoms with Gasteiger partial charge in [0.1, 0.15) is 5.82 Å². The summed E-state index contributed by atoms with van der Waals surface area (Å²) in [6.07, 6.45) is 0. The number of nitrogens with zero attached hydrogens (tertiary/aromatic N) is 2. The number of aromatic amines is 1. The highest BCUT2D eigenvalue weighted by Gasteiger charge is 2.41. The van der Waals surface area contributed by atoms with E-state index in [0.29, 0.717) is 5.56 Å². The maximum atomic E-state index is 12.5. The van der Waals surface area contributed by atoms with Gasteiger partial charge in [0, 0.05) is 5.92 Å². The molecule has 1 aliphatic heterocycles. The van der Waals surface area contributed by atoms with Gasteiger partial charge in [0.25, 0.3) is 5.56 Å². The molecule has 2 heterocycles. The van der Waals surface area contributed by atoms with Crippen molar-refractivity contribution in [2.45, 2.75) is 19.8 Å². The molecule has 1 aromatic carbocycles. The van der Waals surface area contributed by atoms with Gasteiger partial charge in [0.05, 0.1) is 17.2 Å². The van der Waals surface area contributed by atoms with Crippen molar-refractivity contribution in [1.82, 2.24) is 9.97 Å². The zero-order valence-electron chi connectivity index (χ0n) is 13.2. The van der Waals surface area contributed by atoms with E-state index < -0.39 is 23.3 Å². The van der Waals surface area contributed by atoms with Gasteiger partial charge in [-0.15, -0.1) is 0 Å². The molecule has 8 nitrogen and oxygen atoms in total. The number of benzene rings is 1. The van der Waals surface area contributed by atoms with E-state index in [2.05, 4.69) is 20.4 Å². The number of nitrogen functional groups attached to an aromatic ring is 1. The molecule has 2 atom stereocenters. The topological polar surface area (TPSA) is 133 Å². The number of aromatic nitrogens is 2. The molecule has 1 aliphatic rings. The summed E-state index contributed by atoms with van der Waals surface area (Å²) in [5.74, 6) is -1.79. The summed E-state index contributed by atoms with van der Waals surface area (Å²) in [5.41, 5.74) is 7.44. The summed E-state index contributed by atoms with van der Waals surface area (Å²) in [4.78, 5) is 31.5. The van der Waals surface area contributed by atoms with E-state index in [9.17, 15) is 9.59 Å². The van der Waals surface area contributed by atoms with Gasteiger partial charge in [0.2, 0.25) is 11.9 Å². The molecule has 124 valence electrons. The van der Waals surface area contributed by atoms with Gasteiger partial charge in [-0.3, -0.25) is 14.6 Å². The molecule has 0 saturated heterocycles. The van der Waals surface area contributed by atoms with Crippen LogP contribution in [0.15, 0.2) is 34.2 Å². The number of rotatable bonds is 2. The van der Waals surface area contributed by atoms with Crippen LogP contribution in [0.2, 0.25) is 0 Å². The van der Waals surface area contributed by atoms with Gasteiger partial charge in [0.15, 0.2) is 0 Å². The number of aryl methyl sites for hydroxylation is 1. The van der Waals surface area contributed by atoms with Crippen molar-refractivity contribution < 1.29 is 10.0 Å². The summed E-state index contributed by atoms with van der Waals surface area (Å²) in [6, 6.07) is 7.47. The zero-order valence-corrected chi connectivity index (χ0v) is 13.2. The number of H-pyrrole nitrogens is 1. The van der Waals surface area contributed by atoms with Gasteiger partial charge in [-0.2, -0.15) is 4.98 Å². The summed E-state index contributed by atoms with van der Waals surface area (Å²) in [7, 11) is 0. The first-order valence-electron chi connectivity index (χ1n) is 7.38. The monoisotopic (exact) mass is 327 g/mol. The van der Waals surface area contributed by atoms with Crippen molar-refractivity contribution in [3.8, 4) is 0 Å². The van der Waals surface area contributed by atoms with Crippen molar-refractivity contribution >= 4 is 23.4 Å². The van der Waals surface area contributed by atoms with Gasteiger partial charge >= 0.3 is 0 Å². The zero-order chi connectivity index (χ0) is 17.4. The fourth-order valence-electron chi connectivity index (χ4n) is 3.02. The average Bonchev–Trinajstić information content (AvgIpc) is 2.53. The Morgan fingerprint density at radius 2 is 1.96 bits per heavy atom. The predicted molar refractivity (Wildman–Crippen MR) is 89.3 cm³/mol. The molecule has 0 spiro atoms. The van der Waals surface area contributed by atoms with Gasteiger partial charge in [-0.05, 0) is 19.4 Å². The van der Waals surface area contributed by atoms with Gasteiger partial charge in [-0.25, -0.2) is 0 Å². The number of nitrogens with two attached hydrogens (primary N) is 1. The van der Waals surface area contributed by atoms with Crippen LogP contribution in [0.4, 0.5) is 11.8 Å². The van der Waals surface area contributed by atoms with Crippen LogP contribution >= 0.6 is 0 Å². The predicted octanol–water partition coefficient (Wildman–Crippen LogP) is 1.21. The standard InChI is InChI=1S/C16H17N5O3/c1-7-3-5-9(6-4-7)11-10(8(2)21-24)14(22)18-13-12(11)15(23)20-16(17)19-13/h3-6,10-11,24H,1-2H3,(H4,17,18,19,20,22,23)/b21-8+/t10-,11-/m0/s1. The molecular formula is C16H17N5O3. The minimum atomic E-state index is -0.822. The maximum Gasteiger partial charge on any atom is 0.258 e. The molecule has 2 aromatic rings. The summed E-state index contributed by atoms with van der Waals surface area (Å²) < 4.78 is 0. The van der Waals surface area contributed by atoms with E-state index in [1.54, 1.807) is 0 Å². The number of amides is 1. The molecule has 8 heteroatoms. The molecular weight excluding hydrogens is 310 g/mol. The SMILES string of the molecule is C/C(=N\O)[C@@H]1C(=O)Nc2nc(N)[nH]c(=O)c2[C@H]1c1ccc(C)cc1. The Morgan fingerprint density at radius 1 is 1.29 bits per heavy atom. The molecule has 24 heavy (non-hydrogen) atoms. The number of hydrogen-bond donors (Lipinski definition) is 4. The molecule has 1 amide bonds. The normalized spacial score (nSPS) is 20.4. The van der Waals surface area contributed by atoms with Crippen molar-refractivity contribution in [3.05, 3.63) is 51.3 Å². The van der Waals surface area contributed by atoms with Crippen molar-refractivity contribution in [2.75, 3.05) is 11.1 Å². The maximum absolute atomic E-state index is 12.5. The summed E-state index contributed by atoms with van der Waals surface area (Å²) in [5, 5.41) is 14.9. The Labute approximate surface area is 137 Å². The van der Waals surface area contributed by atoms with E-state index in [-0.39, 0.29) is 17.5 Å². The Morgan fingerprint density at radius 3 is 2.58 bits per heavy atom. The molecule has 0 aliphatic carbocycles. The molecule has 3 rings (SSSR count). The number of anilines is 2. The van der Waals surface area contributed by atoms with E-state index in [1.807, 2.05) is 31.2 Å². The lowest BCUT2D eigenvalue weighted by Crippen LogP contribution is -2.42. The first-order valence-corrected chi connectivity index (χ1v) is 7.38. The second-order valence-corrected chi connectivity index (χ2v) is 5.81. The minimum absolute atomic E-state index is 0.0762. The second-order valence-electron chi connectivity index (χ2n) is 5.81. The van der Waals surface area contributed by atoms with Crippen LogP contribution in [0, 0.1) is 12.8 Å².